The van der Waals surface area contributed by atoms with Crippen LogP contribution in [0.4, 0.5) is 0 Å². The second-order valence-corrected chi connectivity index (χ2v) is 3.66. The molecule has 0 spiro atoms. The number of rotatable bonds is 3. The molecule has 1 aliphatic rings. The fourth-order valence-corrected chi connectivity index (χ4v) is 2.07. The van der Waals surface area contributed by atoms with Crippen LogP contribution in [0.5, 0.6) is 0 Å². The molecular formula is C10H16O3. The maximum absolute atomic E-state index is 11.4. The summed E-state index contributed by atoms with van der Waals surface area (Å²) < 4.78 is 0. The molecule has 1 fully saturated rings. The first-order valence-corrected chi connectivity index (χ1v) is 4.92. The van der Waals surface area contributed by atoms with Crippen molar-refractivity contribution in [3.05, 3.63) is 0 Å². The zero-order valence-electron chi connectivity index (χ0n) is 7.95. The molecule has 0 bridgehead atoms. The van der Waals surface area contributed by atoms with Crippen molar-refractivity contribution in [1.29, 1.82) is 0 Å². The minimum Gasteiger partial charge on any atom is -0.481 e. The van der Waals surface area contributed by atoms with E-state index >= 15 is 0 Å². The minimum absolute atomic E-state index is 0.118. The van der Waals surface area contributed by atoms with E-state index in [2.05, 4.69) is 0 Å². The Hall–Kier alpha value is -0.860. The van der Waals surface area contributed by atoms with E-state index in [4.69, 9.17) is 5.11 Å². The zero-order valence-corrected chi connectivity index (χ0v) is 7.95. The second kappa shape index (κ2) is 4.40. The van der Waals surface area contributed by atoms with Gasteiger partial charge in [0.2, 0.25) is 0 Å². The average molecular weight is 184 g/mol. The molecule has 1 saturated carbocycles. The van der Waals surface area contributed by atoms with Gasteiger partial charge in [-0.2, -0.15) is 0 Å². The Bertz CT molecular complexity index is 210. The van der Waals surface area contributed by atoms with Crippen molar-refractivity contribution in [2.45, 2.75) is 39.0 Å². The highest BCUT2D eigenvalue weighted by molar-refractivity contribution is 5.86. The van der Waals surface area contributed by atoms with Gasteiger partial charge >= 0.3 is 5.97 Å². The first-order chi connectivity index (χ1) is 6.16. The smallest absolute Gasteiger partial charge is 0.307 e. The number of carboxylic acid groups (broad SMARTS) is 1. The van der Waals surface area contributed by atoms with Crippen LogP contribution in [0.3, 0.4) is 0 Å². The summed E-state index contributed by atoms with van der Waals surface area (Å²) in [6.07, 6.45) is 3.86. The second-order valence-electron chi connectivity index (χ2n) is 3.66. The van der Waals surface area contributed by atoms with Gasteiger partial charge in [0.15, 0.2) is 0 Å². The van der Waals surface area contributed by atoms with Gasteiger partial charge in [-0.3, -0.25) is 9.59 Å². The third-order valence-corrected chi connectivity index (χ3v) is 2.85. The first kappa shape index (κ1) is 10.2. The van der Waals surface area contributed by atoms with Gasteiger partial charge in [-0.15, -0.1) is 0 Å². The molecule has 0 saturated heterocycles. The van der Waals surface area contributed by atoms with Gasteiger partial charge < -0.3 is 5.11 Å². The summed E-state index contributed by atoms with van der Waals surface area (Å²) in [6.45, 7) is 1.80. The quantitative estimate of drug-likeness (QED) is 0.728. The molecule has 74 valence electrons. The Labute approximate surface area is 78.1 Å². The molecule has 0 aromatic rings. The Morgan fingerprint density at radius 1 is 1.23 bits per heavy atom. The summed E-state index contributed by atoms with van der Waals surface area (Å²) in [5, 5.41) is 8.90. The summed E-state index contributed by atoms with van der Waals surface area (Å²) in [5.74, 6) is -1.31. The first-order valence-electron chi connectivity index (χ1n) is 4.92. The molecule has 0 aliphatic heterocycles. The number of hydrogen-bond acceptors (Lipinski definition) is 2. The molecule has 0 radical (unpaired) electrons. The monoisotopic (exact) mass is 184 g/mol. The van der Waals surface area contributed by atoms with Crippen molar-refractivity contribution in [2.75, 3.05) is 0 Å². The number of carboxylic acids is 1. The predicted octanol–water partition coefficient (Wildman–Crippen LogP) is 1.86. The lowest BCUT2D eigenvalue weighted by Gasteiger charge is -2.26. The van der Waals surface area contributed by atoms with Crippen LogP contribution in [0, 0.1) is 11.8 Å². The number of aliphatic carboxylic acids is 1. The van der Waals surface area contributed by atoms with Gasteiger partial charge in [0.05, 0.1) is 5.92 Å². The van der Waals surface area contributed by atoms with Crippen LogP contribution in [0.2, 0.25) is 0 Å². The van der Waals surface area contributed by atoms with Crippen molar-refractivity contribution in [3.63, 3.8) is 0 Å². The van der Waals surface area contributed by atoms with Crippen LogP contribution in [-0.4, -0.2) is 16.9 Å². The number of hydrogen-bond donors (Lipinski definition) is 1. The highest BCUT2D eigenvalue weighted by atomic mass is 16.4. The third kappa shape index (κ3) is 2.29. The van der Waals surface area contributed by atoms with E-state index in [1.54, 1.807) is 6.92 Å². The molecule has 0 aromatic carbocycles. The van der Waals surface area contributed by atoms with Gasteiger partial charge in [-0.05, 0) is 12.8 Å². The molecule has 1 aliphatic carbocycles. The van der Waals surface area contributed by atoms with Crippen molar-refractivity contribution in [3.8, 4) is 0 Å². The largest absolute Gasteiger partial charge is 0.481 e. The van der Waals surface area contributed by atoms with Crippen molar-refractivity contribution in [2.24, 2.45) is 11.8 Å². The summed E-state index contributed by atoms with van der Waals surface area (Å²) in [5.41, 5.74) is 0. The molecule has 1 rings (SSSR count). The van der Waals surface area contributed by atoms with E-state index in [9.17, 15) is 9.59 Å². The summed E-state index contributed by atoms with van der Waals surface area (Å²) in [4.78, 5) is 22.3. The topological polar surface area (TPSA) is 54.4 Å². The Kier molecular flexibility index (Phi) is 3.46. The van der Waals surface area contributed by atoms with Crippen LogP contribution in [-0.2, 0) is 9.59 Å². The molecule has 0 aromatic heterocycles. The molecule has 1 N–H and O–H groups in total. The maximum atomic E-state index is 11.4. The van der Waals surface area contributed by atoms with Crippen LogP contribution in [0.1, 0.15) is 39.0 Å². The molecular weight excluding hydrogens is 168 g/mol. The van der Waals surface area contributed by atoms with Crippen LogP contribution >= 0.6 is 0 Å². The lowest BCUT2D eigenvalue weighted by molar-refractivity contribution is -0.148. The van der Waals surface area contributed by atoms with Gasteiger partial charge in [0.25, 0.3) is 0 Å². The van der Waals surface area contributed by atoms with Crippen LogP contribution < -0.4 is 0 Å². The van der Waals surface area contributed by atoms with E-state index in [1.807, 2.05) is 0 Å². The summed E-state index contributed by atoms with van der Waals surface area (Å²) in [7, 11) is 0. The van der Waals surface area contributed by atoms with Crippen LogP contribution in [0.15, 0.2) is 0 Å². The number of ketones is 1. The molecule has 3 heteroatoms. The van der Waals surface area contributed by atoms with Gasteiger partial charge in [-0.1, -0.05) is 19.8 Å². The molecule has 0 amide bonds. The Morgan fingerprint density at radius 2 is 1.77 bits per heavy atom. The lowest BCUT2D eigenvalue weighted by atomic mass is 9.76. The fraction of sp³-hybridized carbons (Fsp3) is 0.800. The summed E-state index contributed by atoms with van der Waals surface area (Å²) in [6, 6.07) is 0. The van der Waals surface area contributed by atoms with Crippen molar-refractivity contribution < 1.29 is 14.7 Å². The SMILES string of the molecule is CCC(=O)C1CCCCC1C(=O)O. The van der Waals surface area contributed by atoms with Gasteiger partial charge in [0.1, 0.15) is 5.78 Å². The van der Waals surface area contributed by atoms with E-state index in [1.165, 1.54) is 0 Å². The van der Waals surface area contributed by atoms with Crippen molar-refractivity contribution in [1.82, 2.24) is 0 Å². The Balaban J connectivity index is 2.67. The highest BCUT2D eigenvalue weighted by Crippen LogP contribution is 2.31. The molecule has 2 unspecified atom stereocenters. The summed E-state index contributed by atoms with van der Waals surface area (Å²) >= 11 is 0. The van der Waals surface area contributed by atoms with E-state index in [-0.39, 0.29) is 11.7 Å². The third-order valence-electron chi connectivity index (χ3n) is 2.85. The fourth-order valence-electron chi connectivity index (χ4n) is 2.07. The average Bonchev–Trinajstić information content (AvgIpc) is 2.16. The molecule has 3 nitrogen and oxygen atoms in total. The van der Waals surface area contributed by atoms with E-state index in [0.29, 0.717) is 12.8 Å². The lowest BCUT2D eigenvalue weighted by Crippen LogP contribution is -2.32. The standard InChI is InChI=1S/C10H16O3/c1-2-9(11)7-5-3-4-6-8(7)10(12)13/h7-8H,2-6H2,1H3,(H,12,13). The van der Waals surface area contributed by atoms with Gasteiger partial charge in [-0.25, -0.2) is 0 Å². The van der Waals surface area contributed by atoms with Crippen molar-refractivity contribution >= 4 is 11.8 Å². The predicted molar refractivity (Wildman–Crippen MR) is 48.4 cm³/mol. The minimum atomic E-state index is -0.800. The molecule has 0 heterocycles. The number of carbonyl (C=O) groups is 2. The maximum Gasteiger partial charge on any atom is 0.307 e. The zero-order chi connectivity index (χ0) is 9.84. The van der Waals surface area contributed by atoms with Gasteiger partial charge in [0, 0.05) is 12.3 Å². The van der Waals surface area contributed by atoms with Crippen LogP contribution in [0.25, 0.3) is 0 Å². The van der Waals surface area contributed by atoms with E-state index < -0.39 is 11.9 Å². The number of carbonyl (C=O) groups excluding carboxylic acids is 1. The Morgan fingerprint density at radius 3 is 2.23 bits per heavy atom. The van der Waals surface area contributed by atoms with E-state index in [0.717, 1.165) is 19.3 Å². The normalized spacial score (nSPS) is 28.4. The highest BCUT2D eigenvalue weighted by Gasteiger charge is 2.34. The molecule has 2 atom stereocenters. The molecule has 13 heavy (non-hydrogen) atoms. The number of Topliss-reactive ketones (excluding diaryl/α,β-unsaturated/α-hetero) is 1.